The zero-order valence-electron chi connectivity index (χ0n) is 12.2. The maximum absolute atomic E-state index is 5.65. The smallest absolute Gasteiger partial charge is 0.0743 e. The largest absolute Gasteiger partial charge is 0.378 e. The van der Waals surface area contributed by atoms with E-state index in [9.17, 15) is 0 Å². The van der Waals surface area contributed by atoms with Crippen LogP contribution in [0.2, 0.25) is 0 Å². The van der Waals surface area contributed by atoms with Gasteiger partial charge in [0.2, 0.25) is 0 Å². The Morgan fingerprint density at radius 2 is 1.95 bits per heavy atom. The summed E-state index contributed by atoms with van der Waals surface area (Å²) in [5.74, 6) is 0. The summed E-state index contributed by atoms with van der Waals surface area (Å²) in [6.45, 7) is 0.429. The van der Waals surface area contributed by atoms with Crippen LogP contribution in [0.25, 0.3) is 22.2 Å². The summed E-state index contributed by atoms with van der Waals surface area (Å²) >= 11 is 0. The average molecular weight is 278 g/mol. The Bertz CT molecular complexity index is 781. The van der Waals surface area contributed by atoms with Gasteiger partial charge in [0.25, 0.3) is 0 Å². The normalized spacial score (nSPS) is 10.8. The fraction of sp³-hybridized carbons (Fsp3) is 0.176. The van der Waals surface area contributed by atoms with Gasteiger partial charge in [-0.05, 0) is 30.3 Å². The van der Waals surface area contributed by atoms with Gasteiger partial charge in [-0.2, -0.15) is 0 Å². The number of fused-ring (bicyclic) bond motifs is 1. The number of pyridine rings is 2. The molecule has 2 heterocycles. The van der Waals surface area contributed by atoms with Crippen LogP contribution in [-0.4, -0.2) is 24.1 Å². The lowest BCUT2D eigenvalue weighted by Crippen LogP contribution is -2.08. The van der Waals surface area contributed by atoms with Crippen LogP contribution in [0.4, 0.5) is 5.69 Å². The summed E-state index contributed by atoms with van der Waals surface area (Å²) in [6.07, 6.45) is 1.82. The molecule has 0 unspecified atom stereocenters. The molecule has 3 rings (SSSR count). The first-order valence-corrected chi connectivity index (χ1v) is 6.91. The highest BCUT2D eigenvalue weighted by atomic mass is 15.1. The minimum absolute atomic E-state index is 0.429. The number of nitrogens with two attached hydrogens (primary N) is 1. The molecule has 1 aromatic carbocycles. The lowest BCUT2D eigenvalue weighted by atomic mass is 10.1. The van der Waals surface area contributed by atoms with Crippen LogP contribution in [0, 0.1) is 0 Å². The van der Waals surface area contributed by atoms with Gasteiger partial charge >= 0.3 is 0 Å². The molecule has 106 valence electrons. The van der Waals surface area contributed by atoms with Crippen LogP contribution in [-0.2, 0) is 6.54 Å². The number of hydrogen-bond acceptors (Lipinski definition) is 4. The van der Waals surface area contributed by atoms with Crippen LogP contribution >= 0.6 is 0 Å². The molecule has 2 N–H and O–H groups in total. The Labute approximate surface area is 124 Å². The van der Waals surface area contributed by atoms with Crippen molar-refractivity contribution in [2.24, 2.45) is 5.73 Å². The minimum Gasteiger partial charge on any atom is -0.378 e. The maximum Gasteiger partial charge on any atom is 0.0743 e. The number of anilines is 1. The number of rotatable bonds is 3. The summed E-state index contributed by atoms with van der Waals surface area (Å²) in [5, 5.41) is 1.03. The van der Waals surface area contributed by atoms with Gasteiger partial charge in [0.15, 0.2) is 0 Å². The van der Waals surface area contributed by atoms with Crippen molar-refractivity contribution in [3.8, 4) is 11.3 Å². The van der Waals surface area contributed by atoms with E-state index in [1.807, 2.05) is 38.5 Å². The van der Waals surface area contributed by atoms with Gasteiger partial charge in [0.1, 0.15) is 0 Å². The van der Waals surface area contributed by atoms with Crippen molar-refractivity contribution < 1.29 is 0 Å². The van der Waals surface area contributed by atoms with E-state index in [1.165, 1.54) is 0 Å². The summed E-state index contributed by atoms with van der Waals surface area (Å²) in [6, 6.07) is 14.4. The van der Waals surface area contributed by atoms with E-state index >= 15 is 0 Å². The highest BCUT2D eigenvalue weighted by Crippen LogP contribution is 2.24. The molecule has 0 aliphatic rings. The van der Waals surface area contributed by atoms with E-state index in [4.69, 9.17) is 10.7 Å². The van der Waals surface area contributed by atoms with Crippen molar-refractivity contribution in [3.05, 3.63) is 54.4 Å². The molecule has 0 aliphatic carbocycles. The molecule has 3 aromatic rings. The van der Waals surface area contributed by atoms with Crippen molar-refractivity contribution in [3.63, 3.8) is 0 Å². The first-order chi connectivity index (χ1) is 10.2. The van der Waals surface area contributed by atoms with E-state index in [0.29, 0.717) is 6.54 Å². The third kappa shape index (κ3) is 2.71. The molecule has 0 spiro atoms. The Kier molecular flexibility index (Phi) is 3.54. The van der Waals surface area contributed by atoms with Gasteiger partial charge in [-0.3, -0.25) is 4.98 Å². The number of nitrogens with zero attached hydrogens (tertiary/aromatic N) is 3. The molecule has 4 heteroatoms. The van der Waals surface area contributed by atoms with E-state index in [2.05, 4.69) is 34.1 Å². The van der Waals surface area contributed by atoms with Crippen molar-refractivity contribution in [1.82, 2.24) is 9.97 Å². The summed E-state index contributed by atoms with van der Waals surface area (Å²) in [4.78, 5) is 11.1. The standard InChI is InChI=1S/C17H18N4/c1-21(2)15-5-3-4-12(8-15)16-7-6-13-11-19-14(10-18)9-17(13)20-16/h3-9,11H,10,18H2,1-2H3. The van der Waals surface area contributed by atoms with E-state index in [1.54, 1.807) is 0 Å². The molecule has 0 saturated carbocycles. The van der Waals surface area contributed by atoms with Crippen molar-refractivity contribution in [1.29, 1.82) is 0 Å². The van der Waals surface area contributed by atoms with Crippen molar-refractivity contribution in [2.75, 3.05) is 19.0 Å². The lowest BCUT2D eigenvalue weighted by molar-refractivity contribution is 0.996. The molecule has 0 amide bonds. The summed E-state index contributed by atoms with van der Waals surface area (Å²) in [5.41, 5.74) is 10.7. The molecular formula is C17H18N4. The van der Waals surface area contributed by atoms with Crippen molar-refractivity contribution >= 4 is 16.6 Å². The van der Waals surface area contributed by atoms with E-state index in [0.717, 1.165) is 33.5 Å². The molecule has 21 heavy (non-hydrogen) atoms. The second-order valence-electron chi connectivity index (χ2n) is 5.21. The van der Waals surface area contributed by atoms with Crippen LogP contribution in [0.1, 0.15) is 5.69 Å². The first kappa shape index (κ1) is 13.5. The van der Waals surface area contributed by atoms with Crippen LogP contribution in [0.15, 0.2) is 48.7 Å². The van der Waals surface area contributed by atoms with Gasteiger partial charge in [0.05, 0.1) is 16.9 Å². The topological polar surface area (TPSA) is 55.0 Å². The Balaban J connectivity index is 2.09. The summed E-state index contributed by atoms with van der Waals surface area (Å²) in [7, 11) is 4.07. The van der Waals surface area contributed by atoms with Gasteiger partial charge in [-0.25, -0.2) is 4.98 Å². The maximum atomic E-state index is 5.65. The van der Waals surface area contributed by atoms with E-state index < -0.39 is 0 Å². The van der Waals surface area contributed by atoms with Gasteiger partial charge < -0.3 is 10.6 Å². The van der Waals surface area contributed by atoms with Gasteiger partial charge in [-0.1, -0.05) is 12.1 Å². The minimum atomic E-state index is 0.429. The highest BCUT2D eigenvalue weighted by molar-refractivity contribution is 5.81. The fourth-order valence-electron chi connectivity index (χ4n) is 2.27. The third-order valence-electron chi connectivity index (χ3n) is 3.50. The third-order valence-corrected chi connectivity index (χ3v) is 3.50. The summed E-state index contributed by atoms with van der Waals surface area (Å²) < 4.78 is 0. The predicted octanol–water partition coefficient (Wildman–Crippen LogP) is 2.82. The lowest BCUT2D eigenvalue weighted by Gasteiger charge is -2.13. The first-order valence-electron chi connectivity index (χ1n) is 6.91. The Morgan fingerprint density at radius 3 is 2.71 bits per heavy atom. The van der Waals surface area contributed by atoms with Gasteiger partial charge in [0, 0.05) is 43.5 Å². The number of aromatic nitrogens is 2. The predicted molar refractivity (Wildman–Crippen MR) is 87.2 cm³/mol. The molecule has 0 bridgehead atoms. The molecular weight excluding hydrogens is 260 g/mol. The quantitative estimate of drug-likeness (QED) is 0.800. The average Bonchev–Trinajstić information content (AvgIpc) is 2.53. The second kappa shape index (κ2) is 5.50. The molecule has 4 nitrogen and oxygen atoms in total. The SMILES string of the molecule is CN(C)c1cccc(-c2ccc3cnc(CN)cc3n2)c1. The molecule has 0 radical (unpaired) electrons. The Hall–Kier alpha value is -2.46. The number of benzene rings is 1. The molecule has 0 saturated heterocycles. The van der Waals surface area contributed by atoms with Crippen molar-refractivity contribution in [2.45, 2.75) is 6.54 Å². The zero-order valence-corrected chi connectivity index (χ0v) is 12.2. The fourth-order valence-corrected chi connectivity index (χ4v) is 2.27. The molecule has 0 aliphatic heterocycles. The van der Waals surface area contributed by atoms with E-state index in [-0.39, 0.29) is 0 Å². The number of hydrogen-bond donors (Lipinski definition) is 1. The van der Waals surface area contributed by atoms with Crippen LogP contribution in [0.5, 0.6) is 0 Å². The van der Waals surface area contributed by atoms with Crippen LogP contribution in [0.3, 0.4) is 0 Å². The highest BCUT2D eigenvalue weighted by Gasteiger charge is 2.04. The Morgan fingerprint density at radius 1 is 1.10 bits per heavy atom. The van der Waals surface area contributed by atoms with Gasteiger partial charge in [-0.15, -0.1) is 0 Å². The zero-order chi connectivity index (χ0) is 14.8. The monoisotopic (exact) mass is 278 g/mol. The molecule has 0 fully saturated rings. The second-order valence-corrected chi connectivity index (χ2v) is 5.21. The molecule has 0 atom stereocenters. The molecule has 2 aromatic heterocycles. The van der Waals surface area contributed by atoms with Crippen LogP contribution < -0.4 is 10.6 Å².